The van der Waals surface area contributed by atoms with Crippen LogP contribution in [-0.2, 0) is 0 Å². The highest BCUT2D eigenvalue weighted by atomic mass is 15.2. The molecule has 90 valence electrons. The number of hydrogen-bond acceptors (Lipinski definition) is 3. The second-order valence-corrected chi connectivity index (χ2v) is 5.29. The van der Waals surface area contributed by atoms with Crippen molar-refractivity contribution in [2.45, 2.75) is 33.2 Å². The third-order valence-corrected chi connectivity index (χ3v) is 2.39. The summed E-state index contributed by atoms with van der Waals surface area (Å²) in [4.78, 5) is 6.56. The molecule has 3 nitrogen and oxygen atoms in total. The minimum Gasteiger partial charge on any atom is -0.358 e. The Labute approximate surface area is 98.9 Å². The quantitative estimate of drug-likeness (QED) is 0.845. The number of aromatic nitrogens is 1. The highest BCUT2D eigenvalue weighted by Crippen LogP contribution is 2.08. The molecule has 16 heavy (non-hydrogen) atoms. The van der Waals surface area contributed by atoms with Gasteiger partial charge in [-0.15, -0.1) is 0 Å². The number of likely N-dealkylation sites (N-methyl/N-ethyl adjacent to an activating group) is 1. The second kappa shape index (κ2) is 5.30. The molecule has 0 saturated heterocycles. The largest absolute Gasteiger partial charge is 0.358 e. The van der Waals surface area contributed by atoms with Gasteiger partial charge in [0.1, 0.15) is 5.82 Å². The Morgan fingerprint density at radius 2 is 2.00 bits per heavy atom. The number of aryl methyl sites for hydroxylation is 1. The van der Waals surface area contributed by atoms with E-state index in [1.54, 1.807) is 0 Å². The average molecular weight is 221 g/mol. The Hall–Kier alpha value is -1.09. The van der Waals surface area contributed by atoms with Crippen molar-refractivity contribution in [3.63, 3.8) is 0 Å². The molecule has 0 unspecified atom stereocenters. The summed E-state index contributed by atoms with van der Waals surface area (Å²) in [5.74, 6) is 1.03. The van der Waals surface area contributed by atoms with Gasteiger partial charge >= 0.3 is 0 Å². The molecule has 0 radical (unpaired) electrons. The maximum atomic E-state index is 4.39. The molecule has 1 heterocycles. The van der Waals surface area contributed by atoms with E-state index in [1.165, 1.54) is 5.56 Å². The lowest BCUT2D eigenvalue weighted by Gasteiger charge is -2.24. The van der Waals surface area contributed by atoms with Crippen LogP contribution in [-0.4, -0.2) is 30.7 Å². The molecule has 1 aromatic heterocycles. The van der Waals surface area contributed by atoms with E-state index in [0.717, 1.165) is 18.9 Å². The van der Waals surface area contributed by atoms with E-state index < -0.39 is 0 Å². The summed E-state index contributed by atoms with van der Waals surface area (Å²) in [6.07, 6.45) is 1.91. The molecule has 0 atom stereocenters. The van der Waals surface area contributed by atoms with E-state index in [9.17, 15) is 0 Å². The smallest absolute Gasteiger partial charge is 0.128 e. The molecule has 0 aliphatic heterocycles. The van der Waals surface area contributed by atoms with Crippen LogP contribution in [0.5, 0.6) is 0 Å². The number of rotatable bonds is 4. The molecule has 0 bridgehead atoms. The first-order chi connectivity index (χ1) is 7.38. The predicted molar refractivity (Wildman–Crippen MR) is 70.0 cm³/mol. The zero-order chi connectivity index (χ0) is 12.2. The van der Waals surface area contributed by atoms with Gasteiger partial charge in [0.05, 0.1) is 0 Å². The Balaban J connectivity index is 2.41. The van der Waals surface area contributed by atoms with Gasteiger partial charge in [-0.3, -0.25) is 0 Å². The Morgan fingerprint density at radius 3 is 2.50 bits per heavy atom. The van der Waals surface area contributed by atoms with E-state index in [1.807, 2.05) is 6.20 Å². The van der Waals surface area contributed by atoms with Crippen molar-refractivity contribution in [1.82, 2.24) is 10.3 Å². The van der Waals surface area contributed by atoms with Crippen LogP contribution in [0.3, 0.4) is 0 Å². The van der Waals surface area contributed by atoms with Crippen LogP contribution in [0.1, 0.15) is 26.3 Å². The van der Waals surface area contributed by atoms with E-state index in [4.69, 9.17) is 0 Å². The molecule has 0 saturated carbocycles. The lowest BCUT2D eigenvalue weighted by molar-refractivity contribution is 0.430. The second-order valence-electron chi connectivity index (χ2n) is 5.29. The molecule has 0 aromatic carbocycles. The first kappa shape index (κ1) is 13.0. The number of nitrogens with zero attached hydrogens (tertiary/aromatic N) is 2. The fraction of sp³-hybridized carbons (Fsp3) is 0.615. The Bertz CT molecular complexity index is 311. The van der Waals surface area contributed by atoms with Gasteiger partial charge in [-0.2, -0.15) is 0 Å². The fourth-order valence-electron chi connectivity index (χ4n) is 1.40. The number of pyridine rings is 1. The van der Waals surface area contributed by atoms with Crippen LogP contribution in [0.2, 0.25) is 0 Å². The van der Waals surface area contributed by atoms with Crippen molar-refractivity contribution in [3.05, 3.63) is 23.9 Å². The summed E-state index contributed by atoms with van der Waals surface area (Å²) in [6, 6.07) is 4.16. The standard InChI is InChI=1S/C13H23N3/c1-11-6-7-12(14-10-11)16(5)9-8-15-13(2,3)4/h6-7,10,15H,8-9H2,1-5H3. The van der Waals surface area contributed by atoms with Crippen molar-refractivity contribution in [1.29, 1.82) is 0 Å². The zero-order valence-electron chi connectivity index (χ0n) is 11.0. The van der Waals surface area contributed by atoms with Crippen LogP contribution >= 0.6 is 0 Å². The number of hydrogen-bond donors (Lipinski definition) is 1. The van der Waals surface area contributed by atoms with Crippen molar-refractivity contribution in [2.24, 2.45) is 0 Å². The topological polar surface area (TPSA) is 28.2 Å². The van der Waals surface area contributed by atoms with E-state index in [-0.39, 0.29) is 5.54 Å². The lowest BCUT2D eigenvalue weighted by Crippen LogP contribution is -2.40. The molecule has 0 aliphatic carbocycles. The minimum atomic E-state index is 0.182. The van der Waals surface area contributed by atoms with Crippen LogP contribution in [0.15, 0.2) is 18.3 Å². The van der Waals surface area contributed by atoms with E-state index in [2.05, 4.69) is 62.1 Å². The van der Waals surface area contributed by atoms with Crippen molar-refractivity contribution >= 4 is 5.82 Å². The SMILES string of the molecule is Cc1ccc(N(C)CCNC(C)(C)C)nc1. The summed E-state index contributed by atoms with van der Waals surface area (Å²) in [5.41, 5.74) is 1.38. The third-order valence-electron chi connectivity index (χ3n) is 2.39. The highest BCUT2D eigenvalue weighted by Gasteiger charge is 2.08. The predicted octanol–water partition coefficient (Wildman–Crippen LogP) is 2.21. The zero-order valence-corrected chi connectivity index (χ0v) is 11.0. The van der Waals surface area contributed by atoms with Crippen molar-refractivity contribution in [2.75, 3.05) is 25.0 Å². The maximum absolute atomic E-state index is 4.39. The highest BCUT2D eigenvalue weighted by molar-refractivity contribution is 5.37. The molecule has 0 fully saturated rings. The molecular weight excluding hydrogens is 198 g/mol. The first-order valence-electron chi connectivity index (χ1n) is 5.77. The maximum Gasteiger partial charge on any atom is 0.128 e. The molecule has 1 aromatic rings. The van der Waals surface area contributed by atoms with Gasteiger partial charge in [-0.25, -0.2) is 4.98 Å². The fourth-order valence-corrected chi connectivity index (χ4v) is 1.40. The van der Waals surface area contributed by atoms with Gasteiger partial charge in [0.15, 0.2) is 0 Å². The van der Waals surface area contributed by atoms with Crippen LogP contribution in [0.25, 0.3) is 0 Å². The summed E-state index contributed by atoms with van der Waals surface area (Å²) in [6.45, 7) is 10.5. The molecule has 0 aliphatic rings. The number of anilines is 1. The van der Waals surface area contributed by atoms with Gasteiger partial charge < -0.3 is 10.2 Å². The first-order valence-corrected chi connectivity index (χ1v) is 5.77. The molecule has 1 N–H and O–H groups in total. The molecule has 1 rings (SSSR count). The average Bonchev–Trinajstić information content (AvgIpc) is 2.16. The summed E-state index contributed by atoms with van der Waals surface area (Å²) >= 11 is 0. The van der Waals surface area contributed by atoms with Crippen LogP contribution in [0.4, 0.5) is 5.82 Å². The third kappa shape index (κ3) is 4.62. The van der Waals surface area contributed by atoms with Crippen LogP contribution < -0.4 is 10.2 Å². The number of nitrogens with one attached hydrogen (secondary N) is 1. The lowest BCUT2D eigenvalue weighted by atomic mass is 10.1. The monoisotopic (exact) mass is 221 g/mol. The van der Waals surface area contributed by atoms with E-state index >= 15 is 0 Å². The summed E-state index contributed by atoms with van der Waals surface area (Å²) in [5, 5.41) is 3.46. The van der Waals surface area contributed by atoms with Crippen molar-refractivity contribution < 1.29 is 0 Å². The van der Waals surface area contributed by atoms with Gasteiger partial charge in [0, 0.05) is 31.9 Å². The van der Waals surface area contributed by atoms with E-state index in [0.29, 0.717) is 0 Å². The summed E-state index contributed by atoms with van der Waals surface area (Å²) < 4.78 is 0. The molecule has 3 heteroatoms. The molecular formula is C13H23N3. The summed E-state index contributed by atoms with van der Waals surface area (Å²) in [7, 11) is 2.07. The normalized spacial score (nSPS) is 11.6. The molecule has 0 spiro atoms. The van der Waals surface area contributed by atoms with Gasteiger partial charge in [-0.05, 0) is 39.3 Å². The Morgan fingerprint density at radius 1 is 1.31 bits per heavy atom. The van der Waals surface area contributed by atoms with Crippen molar-refractivity contribution in [3.8, 4) is 0 Å². The van der Waals surface area contributed by atoms with Gasteiger partial charge in [-0.1, -0.05) is 6.07 Å². The minimum absolute atomic E-state index is 0.182. The van der Waals surface area contributed by atoms with Crippen LogP contribution in [0, 0.1) is 6.92 Å². The Kier molecular flexibility index (Phi) is 4.30. The van der Waals surface area contributed by atoms with Gasteiger partial charge in [0.25, 0.3) is 0 Å². The molecule has 0 amide bonds. The van der Waals surface area contributed by atoms with Gasteiger partial charge in [0.2, 0.25) is 0 Å².